The Balaban J connectivity index is 1.46. The van der Waals surface area contributed by atoms with Gasteiger partial charge in [0.2, 0.25) is 5.91 Å². The molecule has 2 aromatic carbocycles. The van der Waals surface area contributed by atoms with E-state index in [1.165, 1.54) is 19.1 Å². The minimum Gasteiger partial charge on any atom is -0.449 e. The highest BCUT2D eigenvalue weighted by Gasteiger charge is 2.36. The molecular weight excluding hydrogens is 396 g/mol. The van der Waals surface area contributed by atoms with Crippen molar-refractivity contribution in [3.63, 3.8) is 0 Å². The van der Waals surface area contributed by atoms with Crippen LogP contribution in [0.1, 0.15) is 30.1 Å². The number of nitrogens with zero attached hydrogens (tertiary/aromatic N) is 1. The fraction of sp³-hybridized carbons (Fsp3) is 0.286. The standard InChI is InChI=1S/C21H19F2N3O4/c1-11(19(27)25-18-13(22)4-2-5-14(18)23)30-21(29)12-7-8-16-15(10-12)24-20(28)17-6-3-9-26(16)17/h2,4-5,7-8,10-11,17H,3,6,9H2,1H3,(H,24,28)(H,25,27)/t11-,17+/m0/s1. The van der Waals surface area contributed by atoms with E-state index in [4.69, 9.17) is 4.74 Å². The Labute approximate surface area is 171 Å². The molecule has 2 amide bonds. The lowest BCUT2D eigenvalue weighted by Gasteiger charge is -2.33. The number of carbonyl (C=O) groups excluding carboxylic acids is 3. The van der Waals surface area contributed by atoms with Crippen molar-refractivity contribution in [2.75, 3.05) is 22.1 Å². The maximum absolute atomic E-state index is 13.7. The van der Waals surface area contributed by atoms with Gasteiger partial charge in [0.05, 0.1) is 16.9 Å². The van der Waals surface area contributed by atoms with Crippen molar-refractivity contribution in [1.82, 2.24) is 0 Å². The van der Waals surface area contributed by atoms with Gasteiger partial charge < -0.3 is 20.3 Å². The van der Waals surface area contributed by atoms with Gasteiger partial charge in [0, 0.05) is 6.54 Å². The van der Waals surface area contributed by atoms with Gasteiger partial charge in [-0.2, -0.15) is 0 Å². The third-order valence-corrected chi connectivity index (χ3v) is 5.22. The summed E-state index contributed by atoms with van der Waals surface area (Å²) in [5.41, 5.74) is 0.859. The van der Waals surface area contributed by atoms with Gasteiger partial charge in [-0.1, -0.05) is 6.07 Å². The molecule has 0 aliphatic carbocycles. The number of rotatable bonds is 4. The highest BCUT2D eigenvalue weighted by atomic mass is 19.1. The number of amides is 2. The van der Waals surface area contributed by atoms with Crippen molar-refractivity contribution in [3.8, 4) is 0 Å². The number of para-hydroxylation sites is 1. The van der Waals surface area contributed by atoms with Gasteiger partial charge in [-0.15, -0.1) is 0 Å². The maximum atomic E-state index is 13.7. The lowest BCUT2D eigenvalue weighted by Crippen LogP contribution is -2.43. The van der Waals surface area contributed by atoms with Crippen LogP contribution >= 0.6 is 0 Å². The van der Waals surface area contributed by atoms with Gasteiger partial charge >= 0.3 is 5.97 Å². The predicted molar refractivity (Wildman–Crippen MR) is 105 cm³/mol. The van der Waals surface area contributed by atoms with Crippen LogP contribution in [-0.2, 0) is 14.3 Å². The molecule has 0 radical (unpaired) electrons. The molecule has 2 aliphatic rings. The largest absolute Gasteiger partial charge is 0.449 e. The predicted octanol–water partition coefficient (Wildman–Crippen LogP) is 3.07. The molecule has 4 rings (SSSR count). The summed E-state index contributed by atoms with van der Waals surface area (Å²) in [6.07, 6.45) is 0.394. The third kappa shape index (κ3) is 3.58. The average Bonchev–Trinajstić information content (AvgIpc) is 3.21. The summed E-state index contributed by atoms with van der Waals surface area (Å²) in [5.74, 6) is -3.67. The highest BCUT2D eigenvalue weighted by molar-refractivity contribution is 6.06. The van der Waals surface area contributed by atoms with Crippen LogP contribution in [0.4, 0.5) is 25.8 Å². The van der Waals surface area contributed by atoms with E-state index in [-0.39, 0.29) is 17.5 Å². The normalized spacial score (nSPS) is 18.2. The molecule has 0 saturated carbocycles. The Morgan fingerprint density at radius 1 is 1.23 bits per heavy atom. The molecule has 2 aromatic rings. The van der Waals surface area contributed by atoms with Gasteiger partial charge in [-0.3, -0.25) is 9.59 Å². The van der Waals surface area contributed by atoms with Crippen LogP contribution in [0.15, 0.2) is 36.4 Å². The van der Waals surface area contributed by atoms with Crippen LogP contribution in [-0.4, -0.2) is 36.5 Å². The second-order valence-electron chi connectivity index (χ2n) is 7.21. The molecule has 9 heteroatoms. The molecule has 1 fully saturated rings. The number of fused-ring (bicyclic) bond motifs is 3. The monoisotopic (exact) mass is 415 g/mol. The summed E-state index contributed by atoms with van der Waals surface area (Å²) < 4.78 is 32.5. The van der Waals surface area contributed by atoms with E-state index >= 15 is 0 Å². The maximum Gasteiger partial charge on any atom is 0.338 e. The molecule has 156 valence electrons. The van der Waals surface area contributed by atoms with Crippen molar-refractivity contribution in [2.45, 2.75) is 31.9 Å². The zero-order valence-electron chi connectivity index (χ0n) is 16.1. The Hall–Kier alpha value is -3.49. The number of hydrogen-bond donors (Lipinski definition) is 2. The minimum absolute atomic E-state index is 0.120. The number of carbonyl (C=O) groups is 3. The molecule has 2 heterocycles. The van der Waals surface area contributed by atoms with Crippen molar-refractivity contribution in [3.05, 3.63) is 53.6 Å². The zero-order chi connectivity index (χ0) is 21.4. The van der Waals surface area contributed by atoms with Gasteiger partial charge in [-0.05, 0) is 50.1 Å². The number of nitrogens with one attached hydrogen (secondary N) is 2. The second kappa shape index (κ2) is 7.74. The van der Waals surface area contributed by atoms with E-state index in [0.29, 0.717) is 5.69 Å². The van der Waals surface area contributed by atoms with E-state index < -0.39 is 35.3 Å². The molecule has 2 atom stereocenters. The van der Waals surface area contributed by atoms with E-state index in [9.17, 15) is 23.2 Å². The summed E-state index contributed by atoms with van der Waals surface area (Å²) in [5, 5.41) is 4.88. The molecule has 7 nitrogen and oxygen atoms in total. The first-order valence-electron chi connectivity index (χ1n) is 9.52. The van der Waals surface area contributed by atoms with Crippen LogP contribution in [0, 0.1) is 11.6 Å². The molecule has 0 aromatic heterocycles. The molecule has 2 aliphatic heterocycles. The summed E-state index contributed by atoms with van der Waals surface area (Å²) in [6, 6.07) is 7.74. The van der Waals surface area contributed by atoms with Crippen LogP contribution in [0.25, 0.3) is 0 Å². The Morgan fingerprint density at radius 2 is 1.97 bits per heavy atom. The Morgan fingerprint density at radius 3 is 2.70 bits per heavy atom. The van der Waals surface area contributed by atoms with Crippen LogP contribution in [0.2, 0.25) is 0 Å². The van der Waals surface area contributed by atoms with E-state index in [0.717, 1.165) is 37.2 Å². The van der Waals surface area contributed by atoms with Crippen LogP contribution in [0.3, 0.4) is 0 Å². The van der Waals surface area contributed by atoms with Crippen molar-refractivity contribution in [2.24, 2.45) is 0 Å². The summed E-state index contributed by atoms with van der Waals surface area (Å²) in [6.45, 7) is 2.06. The molecule has 0 unspecified atom stereocenters. The third-order valence-electron chi connectivity index (χ3n) is 5.22. The lowest BCUT2D eigenvalue weighted by molar-refractivity contribution is -0.123. The molecule has 1 saturated heterocycles. The number of hydrogen-bond acceptors (Lipinski definition) is 5. The number of ether oxygens (including phenoxy) is 1. The summed E-state index contributed by atoms with van der Waals surface area (Å²) in [7, 11) is 0. The van der Waals surface area contributed by atoms with Gasteiger partial charge in [0.15, 0.2) is 6.10 Å². The molecule has 0 bridgehead atoms. The zero-order valence-corrected chi connectivity index (χ0v) is 16.1. The summed E-state index contributed by atoms with van der Waals surface area (Å²) >= 11 is 0. The van der Waals surface area contributed by atoms with Crippen LogP contribution in [0.5, 0.6) is 0 Å². The minimum atomic E-state index is -1.30. The van der Waals surface area contributed by atoms with Gasteiger partial charge in [0.1, 0.15) is 23.4 Å². The molecular formula is C21H19F2N3O4. The molecule has 30 heavy (non-hydrogen) atoms. The Kier molecular flexibility index (Phi) is 5.11. The average molecular weight is 415 g/mol. The fourth-order valence-corrected chi connectivity index (χ4v) is 3.68. The first kappa shape index (κ1) is 19.8. The number of benzene rings is 2. The number of halogens is 2. The first-order valence-corrected chi connectivity index (χ1v) is 9.52. The fourth-order valence-electron chi connectivity index (χ4n) is 3.68. The summed E-state index contributed by atoms with van der Waals surface area (Å²) in [4.78, 5) is 38.9. The SMILES string of the molecule is C[C@H](OC(=O)c1ccc2c(c1)NC(=O)[C@H]1CCCN21)C(=O)Nc1c(F)cccc1F. The molecule has 2 N–H and O–H groups in total. The first-order chi connectivity index (χ1) is 14.3. The quantitative estimate of drug-likeness (QED) is 0.750. The van der Waals surface area contributed by atoms with E-state index in [2.05, 4.69) is 10.6 Å². The Bertz CT molecular complexity index is 1020. The number of esters is 1. The topological polar surface area (TPSA) is 87.7 Å². The smallest absolute Gasteiger partial charge is 0.338 e. The number of anilines is 3. The molecule has 0 spiro atoms. The van der Waals surface area contributed by atoms with Gasteiger partial charge in [-0.25, -0.2) is 13.6 Å². The highest BCUT2D eigenvalue weighted by Crippen LogP contribution is 2.37. The van der Waals surface area contributed by atoms with Gasteiger partial charge in [0.25, 0.3) is 5.91 Å². The van der Waals surface area contributed by atoms with E-state index in [1.807, 2.05) is 4.90 Å². The van der Waals surface area contributed by atoms with E-state index in [1.54, 1.807) is 12.1 Å². The lowest BCUT2D eigenvalue weighted by atomic mass is 10.1. The van der Waals surface area contributed by atoms with Crippen molar-refractivity contribution in [1.29, 1.82) is 0 Å². The van der Waals surface area contributed by atoms with Crippen molar-refractivity contribution < 1.29 is 27.9 Å². The van der Waals surface area contributed by atoms with Crippen LogP contribution < -0.4 is 15.5 Å². The second-order valence-corrected chi connectivity index (χ2v) is 7.21. The van der Waals surface area contributed by atoms with Crippen molar-refractivity contribution >= 4 is 34.8 Å².